The Hall–Kier alpha value is -3.90. The molecule has 1 heterocycles. The van der Waals surface area contributed by atoms with Crippen LogP contribution in [0.3, 0.4) is 0 Å². The van der Waals surface area contributed by atoms with Crippen LogP contribution in [0.1, 0.15) is 22.3 Å². The lowest BCUT2D eigenvalue weighted by atomic mass is 9.91. The zero-order valence-corrected chi connectivity index (χ0v) is 21.5. The van der Waals surface area contributed by atoms with Gasteiger partial charge >= 0.3 is 0 Å². The molecule has 4 bridgehead atoms. The maximum Gasteiger partial charge on any atom is 0.0376 e. The van der Waals surface area contributed by atoms with Gasteiger partial charge in [-0.1, -0.05) is 84.9 Å². The molecule has 0 fully saturated rings. The molecular weight excluding hydrogens is 448 g/mol. The first kappa shape index (κ1) is 22.3. The van der Waals surface area contributed by atoms with Crippen LogP contribution in [0.5, 0.6) is 0 Å². The topological polar surface area (TPSA) is 6.48 Å². The lowest BCUT2D eigenvalue weighted by Gasteiger charge is -2.24. The summed E-state index contributed by atoms with van der Waals surface area (Å²) in [6.07, 6.45) is 0.980. The normalized spacial score (nSPS) is 16.4. The van der Waals surface area contributed by atoms with Crippen LogP contribution in [0.15, 0.2) is 84.9 Å². The van der Waals surface area contributed by atoms with E-state index < -0.39 is 0 Å². The molecule has 2 nitrogen and oxygen atoms in total. The fraction of sp³-hybridized carbons (Fsp3) is 0.200. The van der Waals surface area contributed by atoms with E-state index in [2.05, 4.69) is 115 Å². The number of fused-ring (bicyclic) bond motifs is 5. The first-order valence-electron chi connectivity index (χ1n) is 13.2. The van der Waals surface area contributed by atoms with Crippen molar-refractivity contribution < 1.29 is 0 Å². The van der Waals surface area contributed by atoms with Crippen LogP contribution in [-0.4, -0.2) is 37.0 Å². The van der Waals surface area contributed by atoms with Gasteiger partial charge in [0, 0.05) is 31.6 Å². The second-order valence-electron chi connectivity index (χ2n) is 10.7. The summed E-state index contributed by atoms with van der Waals surface area (Å²) in [5.41, 5.74) is 8.46. The van der Waals surface area contributed by atoms with Crippen molar-refractivity contribution >= 4 is 32.7 Å². The van der Waals surface area contributed by atoms with Crippen LogP contribution in [0.4, 0.5) is 0 Å². The summed E-state index contributed by atoms with van der Waals surface area (Å²) in [6, 6.07) is 38.1. The number of rotatable bonds is 0. The number of hydrogen-bond donors (Lipinski definition) is 0. The van der Waals surface area contributed by atoms with Gasteiger partial charge in [0.05, 0.1) is 0 Å². The van der Waals surface area contributed by atoms with E-state index in [-0.39, 0.29) is 0 Å². The molecule has 0 radical (unpaired) electrons. The van der Waals surface area contributed by atoms with Crippen molar-refractivity contribution in [2.45, 2.75) is 19.5 Å². The summed E-state index contributed by atoms with van der Waals surface area (Å²) < 4.78 is 0. The first-order valence-corrected chi connectivity index (χ1v) is 13.2. The van der Waals surface area contributed by atoms with Gasteiger partial charge in [-0.2, -0.15) is 0 Å². The second-order valence-corrected chi connectivity index (χ2v) is 10.7. The average molecular weight is 479 g/mol. The lowest BCUT2D eigenvalue weighted by Crippen LogP contribution is -2.35. The van der Waals surface area contributed by atoms with Gasteiger partial charge in [0.1, 0.15) is 0 Å². The largest absolute Gasteiger partial charge is 0.298 e. The maximum absolute atomic E-state index is 3.51. The Balaban J connectivity index is 1.54. The molecular formula is C35H30N2. The van der Waals surface area contributed by atoms with Gasteiger partial charge < -0.3 is 0 Å². The van der Waals surface area contributed by atoms with Crippen molar-refractivity contribution in [3.05, 3.63) is 130 Å². The van der Waals surface area contributed by atoms with Crippen molar-refractivity contribution in [2.75, 3.05) is 27.2 Å². The molecule has 0 spiro atoms. The van der Waals surface area contributed by atoms with Crippen molar-refractivity contribution in [1.82, 2.24) is 9.80 Å². The molecule has 180 valence electrons. The van der Waals surface area contributed by atoms with Gasteiger partial charge in [0.2, 0.25) is 0 Å². The molecule has 5 aromatic rings. The third kappa shape index (κ3) is 3.75. The number of likely N-dealkylation sites (N-methyl/N-ethyl adjacent to an activating group) is 1. The minimum atomic E-state index is 0.853. The van der Waals surface area contributed by atoms with Crippen LogP contribution in [0.2, 0.25) is 0 Å². The summed E-state index contributed by atoms with van der Waals surface area (Å²) in [6.45, 7) is 3.54. The van der Waals surface area contributed by atoms with Crippen LogP contribution >= 0.6 is 0 Å². The fourth-order valence-corrected chi connectivity index (χ4v) is 6.56. The summed E-state index contributed by atoms with van der Waals surface area (Å²) >= 11 is 0. The predicted octanol–water partition coefficient (Wildman–Crippen LogP) is 5.08. The predicted molar refractivity (Wildman–Crippen MR) is 154 cm³/mol. The highest BCUT2D eigenvalue weighted by Crippen LogP contribution is 2.34. The monoisotopic (exact) mass is 478 g/mol. The molecule has 5 aromatic carbocycles. The molecule has 0 N–H and O–H groups in total. The Labute approximate surface area is 218 Å². The SMILES string of the molecule is CN1CC2=c3ccccc3=C(Cc3ccccc32)CN(C)Cc2c3ccc#cc3c(c3ccccc23)C1. The number of hydrogen-bond acceptors (Lipinski definition) is 2. The van der Waals surface area contributed by atoms with E-state index >= 15 is 0 Å². The van der Waals surface area contributed by atoms with Crippen molar-refractivity contribution in [3.8, 4) is 0 Å². The number of nitrogens with zero attached hydrogens (tertiary/aromatic N) is 2. The summed E-state index contributed by atoms with van der Waals surface area (Å²) in [4.78, 5) is 4.97. The Kier molecular flexibility index (Phi) is 5.36. The summed E-state index contributed by atoms with van der Waals surface area (Å²) in [5.74, 6) is 0. The first-order chi connectivity index (χ1) is 18.2. The zero-order valence-electron chi connectivity index (χ0n) is 21.5. The molecule has 2 aliphatic rings. The number of benzene rings is 4. The minimum Gasteiger partial charge on any atom is -0.298 e. The smallest absolute Gasteiger partial charge is 0.0376 e. The van der Waals surface area contributed by atoms with Crippen LogP contribution < -0.4 is 10.4 Å². The van der Waals surface area contributed by atoms with Crippen molar-refractivity contribution in [3.63, 3.8) is 0 Å². The zero-order chi connectivity index (χ0) is 24.9. The highest BCUT2D eigenvalue weighted by molar-refractivity contribution is 6.05. The van der Waals surface area contributed by atoms with Gasteiger partial charge in [0.15, 0.2) is 0 Å². The fourth-order valence-electron chi connectivity index (χ4n) is 6.56. The van der Waals surface area contributed by atoms with E-state index in [0.29, 0.717) is 0 Å². The molecule has 37 heavy (non-hydrogen) atoms. The van der Waals surface area contributed by atoms with Gasteiger partial charge in [-0.3, -0.25) is 9.80 Å². The van der Waals surface area contributed by atoms with E-state index in [9.17, 15) is 0 Å². The Morgan fingerprint density at radius 1 is 0.622 bits per heavy atom. The molecule has 0 unspecified atom stereocenters. The van der Waals surface area contributed by atoms with E-state index in [4.69, 9.17) is 0 Å². The molecule has 7 rings (SSSR count). The lowest BCUT2D eigenvalue weighted by molar-refractivity contribution is 0.367. The minimum absolute atomic E-state index is 0.853. The third-order valence-electron chi connectivity index (χ3n) is 8.13. The quantitative estimate of drug-likeness (QED) is 0.306. The molecule has 0 saturated heterocycles. The summed E-state index contributed by atoms with van der Waals surface area (Å²) in [7, 11) is 4.53. The third-order valence-corrected chi connectivity index (χ3v) is 8.13. The molecule has 1 aliphatic heterocycles. The van der Waals surface area contributed by atoms with E-state index in [1.165, 1.54) is 65.4 Å². The average Bonchev–Trinajstić information content (AvgIpc) is 3.05. The molecule has 0 amide bonds. The van der Waals surface area contributed by atoms with Gasteiger partial charge in [-0.05, 0) is 92.6 Å². The van der Waals surface area contributed by atoms with E-state index in [1.807, 2.05) is 6.07 Å². The molecule has 0 aromatic heterocycles. The summed E-state index contributed by atoms with van der Waals surface area (Å²) in [5, 5.41) is 7.97. The van der Waals surface area contributed by atoms with E-state index in [1.54, 1.807) is 0 Å². The van der Waals surface area contributed by atoms with Gasteiger partial charge in [-0.15, -0.1) is 0 Å². The standard InChI is InChI=1S/C35H30N2/c1-36-20-25-19-24-11-3-4-12-26(24)33(28-14-6-5-13-27(25)28)21-37(2)23-35-31-17-9-7-15-29(31)34(22-36)30-16-8-10-18-32(30)35/h3-9,11-17H,19-23H2,1-2H3. The second kappa shape index (κ2) is 8.89. The molecule has 0 saturated carbocycles. The highest BCUT2D eigenvalue weighted by Gasteiger charge is 2.21. The van der Waals surface area contributed by atoms with E-state index in [0.717, 1.165) is 32.6 Å². The van der Waals surface area contributed by atoms with Gasteiger partial charge in [-0.25, -0.2) is 0 Å². The molecule has 0 atom stereocenters. The Morgan fingerprint density at radius 2 is 1.30 bits per heavy atom. The van der Waals surface area contributed by atoms with Crippen LogP contribution in [0, 0.1) is 12.1 Å². The maximum atomic E-state index is 3.51. The molecule has 1 aliphatic carbocycles. The van der Waals surface area contributed by atoms with Crippen LogP contribution in [0.25, 0.3) is 32.7 Å². The van der Waals surface area contributed by atoms with Crippen molar-refractivity contribution in [2.24, 2.45) is 0 Å². The van der Waals surface area contributed by atoms with Crippen LogP contribution in [-0.2, 0) is 19.5 Å². The van der Waals surface area contributed by atoms with Crippen molar-refractivity contribution in [1.29, 1.82) is 0 Å². The Bertz CT molecular complexity index is 1740. The van der Waals surface area contributed by atoms with Gasteiger partial charge in [0.25, 0.3) is 0 Å². The Morgan fingerprint density at radius 3 is 2.16 bits per heavy atom. The molecule has 2 heteroatoms. The highest BCUT2D eigenvalue weighted by atomic mass is 15.1.